The van der Waals surface area contributed by atoms with Crippen LogP contribution in [0.2, 0.25) is 0 Å². The van der Waals surface area contributed by atoms with Crippen LogP contribution in [0.3, 0.4) is 0 Å². The van der Waals surface area contributed by atoms with Crippen molar-refractivity contribution in [3.05, 3.63) is 28.1 Å². The van der Waals surface area contributed by atoms with Crippen LogP contribution in [0.25, 0.3) is 0 Å². The van der Waals surface area contributed by atoms with E-state index in [0.717, 1.165) is 22.1 Å². The smallest absolute Gasteiger partial charge is 0.183 e. The first kappa shape index (κ1) is 10.2. The van der Waals surface area contributed by atoms with Crippen molar-refractivity contribution < 1.29 is 4.52 Å². The number of hydrogen-bond donors (Lipinski definition) is 1. The van der Waals surface area contributed by atoms with Crippen molar-refractivity contribution in [2.45, 2.75) is 27.3 Å². The van der Waals surface area contributed by atoms with Gasteiger partial charge in [-0.2, -0.15) is 0 Å². The highest BCUT2D eigenvalue weighted by atomic mass is 32.1. The predicted octanol–water partition coefficient (Wildman–Crippen LogP) is 2.67. The predicted molar refractivity (Wildman–Crippen MR) is 60.2 cm³/mol. The number of hydrogen-bond acceptors (Lipinski definition) is 5. The Kier molecular flexibility index (Phi) is 2.73. The maximum Gasteiger partial charge on any atom is 0.183 e. The number of aryl methyl sites for hydroxylation is 3. The van der Waals surface area contributed by atoms with Gasteiger partial charge in [0.25, 0.3) is 0 Å². The largest absolute Gasteiger partial charge is 0.361 e. The van der Waals surface area contributed by atoms with Gasteiger partial charge in [0.1, 0.15) is 5.76 Å². The molecule has 0 radical (unpaired) electrons. The molecule has 0 saturated heterocycles. The Morgan fingerprint density at radius 2 is 2.20 bits per heavy atom. The Morgan fingerprint density at radius 3 is 2.73 bits per heavy atom. The third kappa shape index (κ3) is 2.18. The van der Waals surface area contributed by atoms with Gasteiger partial charge >= 0.3 is 0 Å². The Balaban J connectivity index is 2.05. The molecule has 0 aliphatic rings. The molecule has 0 unspecified atom stereocenters. The van der Waals surface area contributed by atoms with Gasteiger partial charge in [-0.25, -0.2) is 4.98 Å². The van der Waals surface area contributed by atoms with Crippen molar-refractivity contribution in [1.29, 1.82) is 0 Å². The zero-order valence-corrected chi connectivity index (χ0v) is 9.81. The lowest BCUT2D eigenvalue weighted by atomic mass is 10.2. The second-order valence-electron chi connectivity index (χ2n) is 3.43. The maximum atomic E-state index is 5.08. The summed E-state index contributed by atoms with van der Waals surface area (Å²) in [7, 11) is 0. The fourth-order valence-corrected chi connectivity index (χ4v) is 2.01. The molecule has 2 rings (SSSR count). The molecule has 0 atom stereocenters. The van der Waals surface area contributed by atoms with E-state index in [1.165, 1.54) is 4.88 Å². The van der Waals surface area contributed by atoms with Gasteiger partial charge in [-0.3, -0.25) is 0 Å². The van der Waals surface area contributed by atoms with E-state index in [1.54, 1.807) is 11.3 Å². The normalized spacial score (nSPS) is 10.6. The summed E-state index contributed by atoms with van der Waals surface area (Å²) >= 11 is 1.65. The number of nitrogens with zero attached hydrogens (tertiary/aromatic N) is 2. The Morgan fingerprint density at radius 1 is 1.40 bits per heavy atom. The summed E-state index contributed by atoms with van der Waals surface area (Å²) in [6, 6.07) is 0. The first-order chi connectivity index (χ1) is 7.16. The monoisotopic (exact) mass is 223 g/mol. The second-order valence-corrected chi connectivity index (χ2v) is 4.67. The molecule has 2 aromatic heterocycles. The van der Waals surface area contributed by atoms with E-state index in [-0.39, 0.29) is 0 Å². The van der Waals surface area contributed by atoms with Gasteiger partial charge in [0.15, 0.2) is 5.13 Å². The van der Waals surface area contributed by atoms with Crippen LogP contribution in [0, 0.1) is 20.8 Å². The van der Waals surface area contributed by atoms with Crippen molar-refractivity contribution in [3.63, 3.8) is 0 Å². The molecule has 4 nitrogen and oxygen atoms in total. The molecule has 15 heavy (non-hydrogen) atoms. The molecule has 0 fully saturated rings. The third-order valence-electron chi connectivity index (χ3n) is 2.22. The molecule has 80 valence electrons. The topological polar surface area (TPSA) is 51.0 Å². The van der Waals surface area contributed by atoms with Gasteiger partial charge in [0.05, 0.1) is 5.69 Å². The second kappa shape index (κ2) is 4.02. The van der Waals surface area contributed by atoms with Crippen molar-refractivity contribution in [1.82, 2.24) is 10.1 Å². The lowest BCUT2D eigenvalue weighted by Gasteiger charge is -2.00. The van der Waals surface area contributed by atoms with E-state index in [2.05, 4.69) is 15.5 Å². The highest BCUT2D eigenvalue weighted by molar-refractivity contribution is 7.15. The molecular weight excluding hydrogens is 210 g/mol. The van der Waals surface area contributed by atoms with Crippen molar-refractivity contribution in [2.24, 2.45) is 0 Å². The Labute approximate surface area is 92.3 Å². The quantitative estimate of drug-likeness (QED) is 0.869. The average molecular weight is 223 g/mol. The molecule has 0 aromatic carbocycles. The minimum atomic E-state index is 0.716. The van der Waals surface area contributed by atoms with Gasteiger partial charge in [-0.15, -0.1) is 11.3 Å². The Hall–Kier alpha value is -1.36. The highest BCUT2D eigenvalue weighted by Gasteiger charge is 2.08. The van der Waals surface area contributed by atoms with Crippen LogP contribution in [-0.4, -0.2) is 10.1 Å². The number of nitrogens with one attached hydrogen (secondary N) is 1. The van der Waals surface area contributed by atoms with E-state index in [0.29, 0.717) is 6.54 Å². The molecule has 2 aromatic rings. The van der Waals surface area contributed by atoms with E-state index in [4.69, 9.17) is 4.52 Å². The SMILES string of the molecule is Cc1cnc(NCc2c(C)noc2C)s1. The number of thiazole rings is 1. The summed E-state index contributed by atoms with van der Waals surface area (Å²) in [5.41, 5.74) is 2.05. The molecule has 0 spiro atoms. The van der Waals surface area contributed by atoms with Crippen LogP contribution < -0.4 is 5.32 Å². The minimum Gasteiger partial charge on any atom is -0.361 e. The van der Waals surface area contributed by atoms with E-state index < -0.39 is 0 Å². The van der Waals surface area contributed by atoms with Crippen molar-refractivity contribution >= 4 is 16.5 Å². The third-order valence-corrected chi connectivity index (χ3v) is 3.09. The van der Waals surface area contributed by atoms with Gasteiger partial charge in [-0.05, 0) is 20.8 Å². The number of rotatable bonds is 3. The summed E-state index contributed by atoms with van der Waals surface area (Å²) in [4.78, 5) is 5.44. The summed E-state index contributed by atoms with van der Waals surface area (Å²) in [6.07, 6.45) is 1.86. The molecular formula is C10H13N3OS. The lowest BCUT2D eigenvalue weighted by molar-refractivity contribution is 0.392. The fourth-order valence-electron chi connectivity index (χ4n) is 1.35. The Bertz CT molecular complexity index is 441. The van der Waals surface area contributed by atoms with E-state index in [1.807, 2.05) is 27.0 Å². The van der Waals surface area contributed by atoms with Crippen LogP contribution in [0.4, 0.5) is 5.13 Å². The van der Waals surface area contributed by atoms with Crippen LogP contribution in [0.5, 0.6) is 0 Å². The van der Waals surface area contributed by atoms with Crippen LogP contribution >= 0.6 is 11.3 Å². The van der Waals surface area contributed by atoms with E-state index in [9.17, 15) is 0 Å². The van der Waals surface area contributed by atoms with Crippen molar-refractivity contribution in [3.8, 4) is 0 Å². The zero-order valence-electron chi connectivity index (χ0n) is 9.00. The molecule has 0 aliphatic carbocycles. The fraction of sp³-hybridized carbons (Fsp3) is 0.400. The van der Waals surface area contributed by atoms with E-state index >= 15 is 0 Å². The first-order valence-corrected chi connectivity index (χ1v) is 5.56. The van der Waals surface area contributed by atoms with Crippen LogP contribution in [0.15, 0.2) is 10.7 Å². The van der Waals surface area contributed by atoms with Crippen molar-refractivity contribution in [2.75, 3.05) is 5.32 Å². The molecule has 0 bridgehead atoms. The van der Waals surface area contributed by atoms with Crippen LogP contribution in [-0.2, 0) is 6.54 Å². The van der Waals surface area contributed by atoms with Crippen LogP contribution in [0.1, 0.15) is 21.9 Å². The highest BCUT2D eigenvalue weighted by Crippen LogP contribution is 2.19. The summed E-state index contributed by atoms with van der Waals surface area (Å²) in [5.74, 6) is 0.869. The molecule has 1 N–H and O–H groups in total. The zero-order chi connectivity index (χ0) is 10.8. The molecule has 0 saturated carbocycles. The molecule has 2 heterocycles. The molecule has 5 heteroatoms. The maximum absolute atomic E-state index is 5.08. The van der Waals surface area contributed by atoms with Gasteiger partial charge < -0.3 is 9.84 Å². The molecule has 0 aliphatic heterocycles. The number of aromatic nitrogens is 2. The average Bonchev–Trinajstić information content (AvgIpc) is 2.73. The first-order valence-electron chi connectivity index (χ1n) is 4.75. The van der Waals surface area contributed by atoms with Gasteiger partial charge in [0.2, 0.25) is 0 Å². The standard InChI is InChI=1S/C10H13N3OS/c1-6-4-11-10(15-6)12-5-9-7(2)13-14-8(9)3/h4H,5H2,1-3H3,(H,11,12). The lowest BCUT2D eigenvalue weighted by Crippen LogP contribution is -2.00. The minimum absolute atomic E-state index is 0.716. The summed E-state index contributed by atoms with van der Waals surface area (Å²) in [5, 5.41) is 8.10. The van der Waals surface area contributed by atoms with Gasteiger partial charge in [0, 0.05) is 23.2 Å². The molecule has 0 amide bonds. The summed E-state index contributed by atoms with van der Waals surface area (Å²) in [6.45, 7) is 6.62. The summed E-state index contributed by atoms with van der Waals surface area (Å²) < 4.78 is 5.08. The number of anilines is 1. The van der Waals surface area contributed by atoms with Gasteiger partial charge in [-0.1, -0.05) is 5.16 Å².